The maximum atomic E-state index is 4.26. The summed E-state index contributed by atoms with van der Waals surface area (Å²) >= 11 is 0. The number of aliphatic imine (C=N–C) groups is 1. The van der Waals surface area contributed by atoms with Crippen LogP contribution in [-0.2, 0) is 0 Å². The average Bonchev–Trinajstić information content (AvgIpc) is 2.97. The number of hydrogen-bond acceptors (Lipinski definition) is 2. The lowest BCUT2D eigenvalue weighted by Crippen LogP contribution is -2.58. The van der Waals surface area contributed by atoms with Gasteiger partial charge in [0.25, 0.3) is 0 Å². The highest BCUT2D eigenvalue weighted by molar-refractivity contribution is 5.80. The number of guanidine groups is 1. The summed E-state index contributed by atoms with van der Waals surface area (Å²) in [7, 11) is 6.21. The quantitative estimate of drug-likeness (QED) is 0.548. The third kappa shape index (κ3) is 2.48. The highest BCUT2D eigenvalue weighted by atomic mass is 15.2. The second-order valence-corrected chi connectivity index (χ2v) is 5.32. The van der Waals surface area contributed by atoms with Crippen LogP contribution in [0.15, 0.2) is 4.99 Å². The minimum Gasteiger partial charge on any atom is -0.355 e. The van der Waals surface area contributed by atoms with Gasteiger partial charge in [0, 0.05) is 25.2 Å². The molecule has 0 amide bonds. The van der Waals surface area contributed by atoms with Gasteiger partial charge >= 0.3 is 0 Å². The Hall–Kier alpha value is -0.770. The van der Waals surface area contributed by atoms with Crippen LogP contribution in [0.5, 0.6) is 0 Å². The Bertz CT molecular complexity index is 264. The second kappa shape index (κ2) is 4.62. The zero-order chi connectivity index (χ0) is 11.6. The van der Waals surface area contributed by atoms with E-state index in [2.05, 4.69) is 34.6 Å². The van der Waals surface area contributed by atoms with Crippen LogP contribution in [0, 0.1) is 0 Å². The highest BCUT2D eigenvalue weighted by Crippen LogP contribution is 2.35. The topological polar surface area (TPSA) is 39.7 Å². The SMILES string of the molecule is CN=C(NCC1(N(C)C)CCC1)NC1CC1. The monoisotopic (exact) mass is 224 g/mol. The normalized spacial score (nSPS) is 24.1. The summed E-state index contributed by atoms with van der Waals surface area (Å²) in [5.41, 5.74) is 0.362. The van der Waals surface area contributed by atoms with E-state index in [4.69, 9.17) is 0 Å². The number of nitrogens with one attached hydrogen (secondary N) is 2. The van der Waals surface area contributed by atoms with Gasteiger partial charge in [0.05, 0.1) is 0 Å². The van der Waals surface area contributed by atoms with Gasteiger partial charge in [-0.1, -0.05) is 0 Å². The Morgan fingerprint density at radius 1 is 1.38 bits per heavy atom. The van der Waals surface area contributed by atoms with Gasteiger partial charge in [-0.3, -0.25) is 4.99 Å². The van der Waals surface area contributed by atoms with Crippen LogP contribution in [0.3, 0.4) is 0 Å². The van der Waals surface area contributed by atoms with E-state index < -0.39 is 0 Å². The molecule has 0 radical (unpaired) electrons. The first-order valence-electron chi connectivity index (χ1n) is 6.31. The third-order valence-corrected chi connectivity index (χ3v) is 3.96. The maximum Gasteiger partial charge on any atom is 0.191 e. The van der Waals surface area contributed by atoms with E-state index >= 15 is 0 Å². The summed E-state index contributed by atoms with van der Waals surface area (Å²) in [6, 6.07) is 0.669. The van der Waals surface area contributed by atoms with Crippen LogP contribution in [0.1, 0.15) is 32.1 Å². The van der Waals surface area contributed by atoms with Crippen LogP contribution in [-0.4, -0.2) is 50.1 Å². The van der Waals surface area contributed by atoms with Crippen LogP contribution >= 0.6 is 0 Å². The molecule has 0 saturated heterocycles. The van der Waals surface area contributed by atoms with Crippen molar-refractivity contribution in [1.29, 1.82) is 0 Å². The Balaban J connectivity index is 1.79. The minimum atomic E-state index is 0.362. The molecule has 0 aliphatic heterocycles. The molecule has 0 aromatic heterocycles. The predicted molar refractivity (Wildman–Crippen MR) is 67.8 cm³/mol. The molecule has 0 aromatic carbocycles. The molecule has 4 heteroatoms. The van der Waals surface area contributed by atoms with Gasteiger partial charge in [-0.05, 0) is 46.2 Å². The molecular weight excluding hydrogens is 200 g/mol. The van der Waals surface area contributed by atoms with E-state index in [1.165, 1.54) is 32.1 Å². The van der Waals surface area contributed by atoms with Gasteiger partial charge in [0.1, 0.15) is 0 Å². The molecule has 0 aromatic rings. The number of hydrogen-bond donors (Lipinski definition) is 2. The summed E-state index contributed by atoms with van der Waals surface area (Å²) in [6.45, 7) is 1.01. The second-order valence-electron chi connectivity index (χ2n) is 5.32. The molecule has 0 heterocycles. The maximum absolute atomic E-state index is 4.26. The van der Waals surface area contributed by atoms with Gasteiger partial charge in [-0.25, -0.2) is 0 Å². The van der Waals surface area contributed by atoms with Crippen molar-refractivity contribution < 1.29 is 0 Å². The van der Waals surface area contributed by atoms with E-state index in [1.54, 1.807) is 0 Å². The lowest BCUT2D eigenvalue weighted by Gasteiger charge is -2.47. The zero-order valence-electron chi connectivity index (χ0n) is 10.7. The Kier molecular flexibility index (Phi) is 3.38. The fourth-order valence-corrected chi connectivity index (χ4v) is 2.23. The largest absolute Gasteiger partial charge is 0.355 e. The third-order valence-electron chi connectivity index (χ3n) is 3.96. The van der Waals surface area contributed by atoms with Crippen LogP contribution in [0.4, 0.5) is 0 Å². The molecule has 0 atom stereocenters. The fraction of sp³-hybridized carbons (Fsp3) is 0.917. The molecule has 2 rings (SSSR count). The molecule has 2 aliphatic rings. The molecule has 2 N–H and O–H groups in total. The van der Waals surface area contributed by atoms with Crippen molar-refractivity contribution in [2.24, 2.45) is 4.99 Å². The van der Waals surface area contributed by atoms with Gasteiger partial charge in [-0.15, -0.1) is 0 Å². The molecule has 2 saturated carbocycles. The van der Waals surface area contributed by atoms with Crippen LogP contribution in [0.2, 0.25) is 0 Å². The van der Waals surface area contributed by atoms with Gasteiger partial charge in [0.2, 0.25) is 0 Å². The van der Waals surface area contributed by atoms with Gasteiger partial charge in [0.15, 0.2) is 5.96 Å². The summed E-state index contributed by atoms with van der Waals surface area (Å²) in [6.07, 6.45) is 6.54. The first-order valence-corrected chi connectivity index (χ1v) is 6.31. The fourth-order valence-electron chi connectivity index (χ4n) is 2.23. The molecular formula is C12H24N4. The van der Waals surface area contributed by atoms with Crippen molar-refractivity contribution in [3.8, 4) is 0 Å². The first kappa shape index (κ1) is 11.7. The van der Waals surface area contributed by atoms with E-state index in [1.807, 2.05) is 7.05 Å². The molecule has 4 nitrogen and oxygen atoms in total. The first-order chi connectivity index (χ1) is 7.66. The zero-order valence-corrected chi connectivity index (χ0v) is 10.7. The molecule has 16 heavy (non-hydrogen) atoms. The lowest BCUT2D eigenvalue weighted by molar-refractivity contribution is 0.0646. The summed E-state index contributed by atoms with van der Waals surface area (Å²) in [5, 5.41) is 6.88. The summed E-state index contributed by atoms with van der Waals surface area (Å²) < 4.78 is 0. The number of rotatable bonds is 4. The van der Waals surface area contributed by atoms with Crippen molar-refractivity contribution in [3.63, 3.8) is 0 Å². The van der Waals surface area contributed by atoms with Crippen molar-refractivity contribution in [2.45, 2.75) is 43.7 Å². The van der Waals surface area contributed by atoms with Gasteiger partial charge < -0.3 is 15.5 Å². The van der Waals surface area contributed by atoms with Gasteiger partial charge in [-0.2, -0.15) is 0 Å². The van der Waals surface area contributed by atoms with Crippen molar-refractivity contribution in [2.75, 3.05) is 27.7 Å². The standard InChI is InChI=1S/C12H24N4/c1-13-11(15-10-5-6-10)14-9-12(16(2)3)7-4-8-12/h10H,4-9H2,1-3H3,(H2,13,14,15). The molecule has 0 unspecified atom stereocenters. The predicted octanol–water partition coefficient (Wildman–Crippen LogP) is 0.798. The number of nitrogens with zero attached hydrogens (tertiary/aromatic N) is 2. The number of likely N-dealkylation sites (N-methyl/N-ethyl adjacent to an activating group) is 1. The van der Waals surface area contributed by atoms with Crippen LogP contribution in [0.25, 0.3) is 0 Å². The summed E-state index contributed by atoms with van der Waals surface area (Å²) in [5.74, 6) is 0.968. The van der Waals surface area contributed by atoms with E-state index in [9.17, 15) is 0 Å². The Morgan fingerprint density at radius 3 is 2.44 bits per heavy atom. The molecule has 0 bridgehead atoms. The molecule has 0 spiro atoms. The Morgan fingerprint density at radius 2 is 2.06 bits per heavy atom. The van der Waals surface area contributed by atoms with Crippen LogP contribution < -0.4 is 10.6 Å². The van der Waals surface area contributed by atoms with Crippen molar-refractivity contribution >= 4 is 5.96 Å². The van der Waals surface area contributed by atoms with E-state index in [0.717, 1.165) is 12.5 Å². The van der Waals surface area contributed by atoms with Crippen molar-refractivity contribution in [1.82, 2.24) is 15.5 Å². The van der Waals surface area contributed by atoms with E-state index in [0.29, 0.717) is 11.6 Å². The molecule has 2 aliphatic carbocycles. The lowest BCUT2D eigenvalue weighted by atomic mass is 9.75. The smallest absolute Gasteiger partial charge is 0.191 e. The molecule has 92 valence electrons. The Labute approximate surface area is 98.5 Å². The highest BCUT2D eigenvalue weighted by Gasteiger charge is 2.39. The van der Waals surface area contributed by atoms with Crippen molar-refractivity contribution in [3.05, 3.63) is 0 Å². The summed E-state index contributed by atoms with van der Waals surface area (Å²) in [4.78, 5) is 6.62. The van der Waals surface area contributed by atoms with E-state index in [-0.39, 0.29) is 0 Å². The minimum absolute atomic E-state index is 0.362. The average molecular weight is 224 g/mol. The molecule has 2 fully saturated rings.